The Morgan fingerprint density at radius 2 is 2.00 bits per heavy atom. The van der Waals surface area contributed by atoms with Crippen molar-refractivity contribution in [2.75, 3.05) is 6.61 Å². The van der Waals surface area contributed by atoms with E-state index in [0.29, 0.717) is 18.7 Å². The van der Waals surface area contributed by atoms with E-state index in [1.165, 1.54) is 6.34 Å². The molecule has 1 rings (SSSR count). The van der Waals surface area contributed by atoms with Crippen LogP contribution in [-0.4, -0.2) is 29.2 Å². The second-order valence-corrected chi connectivity index (χ2v) is 3.93. The number of benzene rings is 1. The Morgan fingerprint density at radius 3 is 2.63 bits per heavy atom. The van der Waals surface area contributed by atoms with Crippen molar-refractivity contribution in [1.29, 1.82) is 0 Å². The van der Waals surface area contributed by atoms with E-state index in [2.05, 4.69) is 4.99 Å². The molecule has 0 aromatic heterocycles. The zero-order valence-corrected chi connectivity index (χ0v) is 10.6. The van der Waals surface area contributed by atoms with Crippen LogP contribution in [0, 0.1) is 0 Å². The van der Waals surface area contributed by atoms with Gasteiger partial charge in [0.05, 0.1) is 12.3 Å². The highest BCUT2D eigenvalue weighted by molar-refractivity contribution is 5.66. The quantitative estimate of drug-likeness (QED) is 0.276. The first-order chi connectivity index (χ1) is 9.22. The molecule has 0 heterocycles. The van der Waals surface area contributed by atoms with E-state index in [0.717, 1.165) is 18.6 Å². The lowest BCUT2D eigenvalue weighted by Gasteiger charge is -2.05. The van der Waals surface area contributed by atoms with Gasteiger partial charge < -0.3 is 9.84 Å². The van der Waals surface area contributed by atoms with Gasteiger partial charge in [0.25, 0.3) is 0 Å². The van der Waals surface area contributed by atoms with Crippen LogP contribution in [0.5, 0.6) is 5.75 Å². The maximum absolute atomic E-state index is 10.3. The van der Waals surface area contributed by atoms with Crippen LogP contribution in [0.3, 0.4) is 0 Å². The number of unbranched alkanes of at least 4 members (excludes halogenated alkanes) is 2. The molecule has 0 bridgehead atoms. The molecule has 0 amide bonds. The molecular formula is C13H18N2O4. The smallest absolute Gasteiger partial charge is 0.303 e. The molecule has 0 atom stereocenters. The van der Waals surface area contributed by atoms with Crippen LogP contribution in [0.4, 0.5) is 5.69 Å². The predicted molar refractivity (Wildman–Crippen MR) is 71.1 cm³/mol. The number of hydroxylamine groups is 1. The lowest BCUT2D eigenvalue weighted by atomic mass is 10.2. The number of hydrogen-bond donors (Lipinski definition) is 3. The summed E-state index contributed by atoms with van der Waals surface area (Å²) in [5, 5.41) is 16.8. The Kier molecular flexibility index (Phi) is 7.04. The second-order valence-electron chi connectivity index (χ2n) is 3.93. The van der Waals surface area contributed by atoms with E-state index in [4.69, 9.17) is 15.1 Å². The molecule has 0 aliphatic heterocycles. The molecule has 0 radical (unpaired) electrons. The van der Waals surface area contributed by atoms with Crippen molar-refractivity contribution in [3.8, 4) is 5.75 Å². The van der Waals surface area contributed by atoms with E-state index in [-0.39, 0.29) is 6.42 Å². The Labute approximate surface area is 111 Å². The number of nitrogens with zero attached hydrogens (tertiary/aromatic N) is 1. The SMILES string of the molecule is O=C(O)CCCCCOc1ccc(N=CNO)cc1. The van der Waals surface area contributed by atoms with Crippen molar-refractivity contribution < 1.29 is 19.8 Å². The van der Waals surface area contributed by atoms with Crippen LogP contribution in [0.15, 0.2) is 29.3 Å². The standard InChI is InChI=1S/C13H18N2O4/c16-13(17)4-2-1-3-9-19-12-7-5-11(6-8-12)14-10-15-18/h5-8,10,18H,1-4,9H2,(H,14,15)(H,16,17). The van der Waals surface area contributed by atoms with Gasteiger partial charge in [0.1, 0.15) is 12.1 Å². The number of aliphatic imine (C=N–C) groups is 1. The van der Waals surface area contributed by atoms with Gasteiger partial charge in [-0.25, -0.2) is 4.99 Å². The van der Waals surface area contributed by atoms with E-state index in [1.807, 2.05) is 5.48 Å². The van der Waals surface area contributed by atoms with E-state index < -0.39 is 5.97 Å². The molecule has 19 heavy (non-hydrogen) atoms. The average molecular weight is 266 g/mol. The maximum Gasteiger partial charge on any atom is 0.303 e. The molecule has 0 aliphatic carbocycles. The van der Waals surface area contributed by atoms with Gasteiger partial charge >= 0.3 is 5.97 Å². The van der Waals surface area contributed by atoms with Crippen LogP contribution in [-0.2, 0) is 4.79 Å². The fourth-order valence-electron chi connectivity index (χ4n) is 1.48. The fraction of sp³-hybridized carbons (Fsp3) is 0.385. The Hall–Kier alpha value is -2.08. The third kappa shape index (κ3) is 7.05. The number of carboxylic acid groups (broad SMARTS) is 1. The second kappa shape index (κ2) is 8.93. The monoisotopic (exact) mass is 266 g/mol. The molecule has 0 saturated carbocycles. The molecule has 0 saturated heterocycles. The Morgan fingerprint density at radius 1 is 1.26 bits per heavy atom. The van der Waals surface area contributed by atoms with Crippen molar-refractivity contribution in [3.05, 3.63) is 24.3 Å². The number of carboxylic acids is 1. The fourth-order valence-corrected chi connectivity index (χ4v) is 1.48. The molecule has 3 N–H and O–H groups in total. The summed E-state index contributed by atoms with van der Waals surface area (Å²) in [4.78, 5) is 14.2. The summed E-state index contributed by atoms with van der Waals surface area (Å²) in [6.07, 6.45) is 3.75. The first-order valence-electron chi connectivity index (χ1n) is 6.09. The topological polar surface area (TPSA) is 91.2 Å². The minimum Gasteiger partial charge on any atom is -0.494 e. The maximum atomic E-state index is 10.3. The van der Waals surface area contributed by atoms with E-state index in [9.17, 15) is 4.79 Å². The Balaban J connectivity index is 2.19. The lowest BCUT2D eigenvalue weighted by Crippen LogP contribution is -2.01. The van der Waals surface area contributed by atoms with Gasteiger partial charge in [-0.15, -0.1) is 0 Å². The number of ether oxygens (including phenoxy) is 1. The molecule has 1 aromatic rings. The minimum absolute atomic E-state index is 0.214. The third-order valence-corrected chi connectivity index (χ3v) is 2.41. The van der Waals surface area contributed by atoms with E-state index >= 15 is 0 Å². The summed E-state index contributed by atoms with van der Waals surface area (Å²) in [6, 6.07) is 7.13. The van der Waals surface area contributed by atoms with Crippen LogP contribution in [0.25, 0.3) is 0 Å². The van der Waals surface area contributed by atoms with Gasteiger partial charge in [-0.3, -0.25) is 15.5 Å². The third-order valence-electron chi connectivity index (χ3n) is 2.41. The van der Waals surface area contributed by atoms with Crippen molar-refractivity contribution in [2.45, 2.75) is 25.7 Å². The van der Waals surface area contributed by atoms with Gasteiger partial charge in [0.2, 0.25) is 0 Å². The summed E-state index contributed by atoms with van der Waals surface area (Å²) < 4.78 is 5.51. The van der Waals surface area contributed by atoms with Gasteiger partial charge in [0, 0.05) is 6.42 Å². The molecule has 6 heteroatoms. The summed E-state index contributed by atoms with van der Waals surface area (Å²) >= 11 is 0. The largest absolute Gasteiger partial charge is 0.494 e. The van der Waals surface area contributed by atoms with Crippen molar-refractivity contribution >= 4 is 18.0 Å². The highest BCUT2D eigenvalue weighted by Crippen LogP contribution is 2.17. The lowest BCUT2D eigenvalue weighted by molar-refractivity contribution is -0.137. The number of nitrogens with one attached hydrogen (secondary N) is 1. The molecule has 6 nitrogen and oxygen atoms in total. The Bertz CT molecular complexity index is 404. The van der Waals surface area contributed by atoms with Crippen LogP contribution in [0.1, 0.15) is 25.7 Å². The van der Waals surface area contributed by atoms with Crippen LogP contribution >= 0.6 is 0 Å². The van der Waals surface area contributed by atoms with Crippen molar-refractivity contribution in [3.63, 3.8) is 0 Å². The normalized spacial score (nSPS) is 10.6. The number of rotatable bonds is 9. The zero-order chi connectivity index (χ0) is 13.9. The summed E-state index contributed by atoms with van der Waals surface area (Å²) in [5.41, 5.74) is 2.53. The van der Waals surface area contributed by atoms with Gasteiger partial charge in [-0.1, -0.05) is 0 Å². The number of aliphatic carboxylic acids is 1. The first-order valence-corrected chi connectivity index (χ1v) is 6.09. The highest BCUT2D eigenvalue weighted by atomic mass is 16.5. The van der Waals surface area contributed by atoms with Crippen molar-refractivity contribution in [2.24, 2.45) is 4.99 Å². The molecular weight excluding hydrogens is 248 g/mol. The van der Waals surface area contributed by atoms with Crippen LogP contribution in [0.2, 0.25) is 0 Å². The van der Waals surface area contributed by atoms with Crippen molar-refractivity contribution in [1.82, 2.24) is 5.48 Å². The molecule has 0 aliphatic rings. The summed E-state index contributed by atoms with van der Waals surface area (Å²) in [5.74, 6) is -0.0106. The summed E-state index contributed by atoms with van der Waals surface area (Å²) in [7, 11) is 0. The zero-order valence-electron chi connectivity index (χ0n) is 10.6. The van der Waals surface area contributed by atoms with Crippen LogP contribution < -0.4 is 10.2 Å². The van der Waals surface area contributed by atoms with Gasteiger partial charge in [0.15, 0.2) is 0 Å². The first kappa shape index (κ1) is 15.0. The average Bonchev–Trinajstić information content (AvgIpc) is 2.41. The molecule has 0 spiro atoms. The summed E-state index contributed by atoms with van der Waals surface area (Å²) in [6.45, 7) is 0.570. The van der Waals surface area contributed by atoms with E-state index in [1.54, 1.807) is 24.3 Å². The minimum atomic E-state index is -0.755. The molecule has 1 aromatic carbocycles. The highest BCUT2D eigenvalue weighted by Gasteiger charge is 1.97. The molecule has 104 valence electrons. The number of carbonyl (C=O) groups is 1. The van der Waals surface area contributed by atoms with Gasteiger partial charge in [-0.05, 0) is 43.5 Å². The molecule has 0 unspecified atom stereocenters. The molecule has 0 fully saturated rings. The van der Waals surface area contributed by atoms with Gasteiger partial charge in [-0.2, -0.15) is 0 Å². The number of hydrogen-bond acceptors (Lipinski definition) is 4. The predicted octanol–water partition coefficient (Wildman–Crippen LogP) is 2.35.